The fourth-order valence-electron chi connectivity index (χ4n) is 11.5. The summed E-state index contributed by atoms with van der Waals surface area (Å²) in [5.41, 5.74) is 14.6. The largest absolute Gasteiger partial charge is 0.453 e. The molecule has 0 amide bonds. The van der Waals surface area contributed by atoms with Gasteiger partial charge in [0.15, 0.2) is 34.6 Å². The molecule has 10 aromatic carbocycles. The molecule has 0 N–H and O–H groups in total. The Morgan fingerprint density at radius 3 is 0.938 bits per heavy atom. The first kappa shape index (κ1) is 46.1. The predicted octanol–water partition coefficient (Wildman–Crippen LogP) is 20.5. The van der Waals surface area contributed by atoms with Crippen molar-refractivity contribution < 1.29 is 9.47 Å². The molecule has 10 heteroatoms. The quantitative estimate of drug-likeness (QED) is 0.154. The average molecular weight is 1070 g/mol. The summed E-state index contributed by atoms with van der Waals surface area (Å²) >= 11 is 3.56. The van der Waals surface area contributed by atoms with Crippen LogP contribution in [0.2, 0.25) is 0 Å². The molecule has 12 aromatic rings. The first-order chi connectivity index (χ1) is 39.7. The molecule has 8 nitrogen and oxygen atoms in total. The van der Waals surface area contributed by atoms with Gasteiger partial charge in [-0.05, 0) is 115 Å². The summed E-state index contributed by atoms with van der Waals surface area (Å²) in [5, 5.41) is 0. The van der Waals surface area contributed by atoms with Crippen molar-refractivity contribution in [2.75, 3.05) is 19.6 Å². The first-order valence-corrected chi connectivity index (χ1v) is 28.2. The molecule has 0 saturated heterocycles. The van der Waals surface area contributed by atoms with Gasteiger partial charge in [0.1, 0.15) is 11.4 Å². The smallest absolute Gasteiger partial charge is 0.165 e. The molecule has 378 valence electrons. The second-order valence-corrected chi connectivity index (χ2v) is 21.8. The number of rotatable bonds is 7. The molecule has 6 heterocycles. The highest BCUT2D eigenvalue weighted by Crippen LogP contribution is 2.66. The molecule has 0 atom stereocenters. The number of anilines is 12. The lowest BCUT2D eigenvalue weighted by Crippen LogP contribution is -2.27. The van der Waals surface area contributed by atoms with E-state index in [4.69, 9.17) is 19.4 Å². The Bertz CT molecular complexity index is 3990. The molecule has 4 aliphatic rings. The summed E-state index contributed by atoms with van der Waals surface area (Å²) in [5.74, 6) is 4.23. The lowest BCUT2D eigenvalue weighted by Gasteiger charge is -2.43. The van der Waals surface area contributed by atoms with E-state index in [0.29, 0.717) is 23.1 Å². The lowest BCUT2D eigenvalue weighted by atomic mass is 9.94. The van der Waals surface area contributed by atoms with Crippen LogP contribution < -0.4 is 29.1 Å². The van der Waals surface area contributed by atoms with Crippen LogP contribution >= 0.6 is 23.5 Å². The summed E-state index contributed by atoms with van der Waals surface area (Å²) in [6, 6.07) is 93.8. The molecule has 0 spiro atoms. The number of nitrogens with zero attached hydrogens (tertiary/aromatic N) is 6. The van der Waals surface area contributed by atoms with Crippen LogP contribution in [-0.4, -0.2) is 9.97 Å². The van der Waals surface area contributed by atoms with Crippen LogP contribution in [0.4, 0.5) is 68.5 Å². The van der Waals surface area contributed by atoms with E-state index in [0.717, 1.165) is 122 Å². The molecule has 80 heavy (non-hydrogen) atoms. The molecule has 0 bridgehead atoms. The SMILES string of the molecule is c1ccc(-c2cc(-c3c(N4c5ccccc5Oc5ccccc54)c(N4c5ccccc5Sc5ccccc54)nc(N4c5ccccc5Oc5ccccc54)c3N3c4ccccc4Sc4ccccc43)cc(-c3ccccc3)n2)cc1. The second kappa shape index (κ2) is 18.9. The Morgan fingerprint density at radius 1 is 0.263 bits per heavy atom. The van der Waals surface area contributed by atoms with E-state index in [1.54, 1.807) is 23.5 Å². The van der Waals surface area contributed by atoms with Gasteiger partial charge in [-0.1, -0.05) is 181 Å². The number of hydrogen-bond donors (Lipinski definition) is 0. The van der Waals surface area contributed by atoms with Gasteiger partial charge in [0, 0.05) is 36.3 Å². The van der Waals surface area contributed by atoms with Crippen LogP contribution in [0.15, 0.2) is 287 Å². The zero-order valence-corrected chi connectivity index (χ0v) is 44.4. The third-order valence-corrected chi connectivity index (χ3v) is 17.2. The van der Waals surface area contributed by atoms with Crippen LogP contribution in [0.5, 0.6) is 23.0 Å². The van der Waals surface area contributed by atoms with Gasteiger partial charge in [0.25, 0.3) is 0 Å². The van der Waals surface area contributed by atoms with E-state index in [9.17, 15) is 0 Å². The molecule has 0 saturated carbocycles. The van der Waals surface area contributed by atoms with Gasteiger partial charge in [-0.2, -0.15) is 0 Å². The fraction of sp³-hybridized carbons (Fsp3) is 0. The molecule has 4 aliphatic heterocycles. The van der Waals surface area contributed by atoms with Gasteiger partial charge in [0.05, 0.1) is 56.9 Å². The summed E-state index contributed by atoms with van der Waals surface area (Å²) in [7, 11) is 0. The average Bonchev–Trinajstić information content (AvgIpc) is 3.61. The van der Waals surface area contributed by atoms with Crippen molar-refractivity contribution in [1.82, 2.24) is 9.97 Å². The summed E-state index contributed by atoms with van der Waals surface area (Å²) in [6.45, 7) is 0. The summed E-state index contributed by atoms with van der Waals surface area (Å²) < 4.78 is 13.8. The highest BCUT2D eigenvalue weighted by Gasteiger charge is 2.42. The van der Waals surface area contributed by atoms with Crippen molar-refractivity contribution in [3.63, 3.8) is 0 Å². The zero-order valence-electron chi connectivity index (χ0n) is 42.7. The van der Waals surface area contributed by atoms with Gasteiger partial charge in [-0.25, -0.2) is 9.97 Å². The number of pyridine rings is 2. The topological polar surface area (TPSA) is 57.2 Å². The van der Waals surface area contributed by atoms with Crippen LogP contribution in [0, 0.1) is 0 Å². The molecule has 16 rings (SSSR count). The van der Waals surface area contributed by atoms with Gasteiger partial charge >= 0.3 is 0 Å². The third kappa shape index (κ3) is 7.48. The monoisotopic (exact) mass is 1060 g/mol. The summed E-state index contributed by atoms with van der Waals surface area (Å²) in [6.07, 6.45) is 0. The van der Waals surface area contributed by atoms with E-state index < -0.39 is 0 Å². The normalized spacial score (nSPS) is 13.2. The fourth-order valence-corrected chi connectivity index (χ4v) is 13.6. The maximum atomic E-state index is 6.94. The lowest BCUT2D eigenvalue weighted by molar-refractivity contribution is 0.476. The number of aromatic nitrogens is 2. The minimum atomic E-state index is 0.681. The van der Waals surface area contributed by atoms with Gasteiger partial charge in [0.2, 0.25) is 0 Å². The van der Waals surface area contributed by atoms with Gasteiger partial charge in [-0.3, -0.25) is 14.7 Å². The predicted molar refractivity (Wildman–Crippen MR) is 325 cm³/mol. The van der Waals surface area contributed by atoms with Crippen molar-refractivity contribution in [2.24, 2.45) is 0 Å². The van der Waals surface area contributed by atoms with Crippen LogP contribution in [0.3, 0.4) is 0 Å². The number of hydrogen-bond acceptors (Lipinski definition) is 10. The van der Waals surface area contributed by atoms with Crippen LogP contribution in [0.25, 0.3) is 33.6 Å². The molecule has 0 radical (unpaired) electrons. The molecule has 0 unspecified atom stereocenters. The number of ether oxygens (including phenoxy) is 2. The van der Waals surface area contributed by atoms with Crippen molar-refractivity contribution in [3.8, 4) is 56.6 Å². The minimum absolute atomic E-state index is 0.681. The third-order valence-electron chi connectivity index (χ3n) is 15.0. The highest BCUT2D eigenvalue weighted by atomic mass is 32.2. The van der Waals surface area contributed by atoms with Crippen molar-refractivity contribution in [3.05, 3.63) is 267 Å². The Morgan fingerprint density at radius 2 is 0.550 bits per heavy atom. The molecular formula is C70H44N6O2S2. The number of fused-ring (bicyclic) bond motifs is 8. The Labute approximate surface area is 471 Å². The molecule has 0 aliphatic carbocycles. The highest BCUT2D eigenvalue weighted by molar-refractivity contribution is 8.00. The molecular weight excluding hydrogens is 1020 g/mol. The first-order valence-electron chi connectivity index (χ1n) is 26.6. The van der Waals surface area contributed by atoms with E-state index in [-0.39, 0.29) is 0 Å². The maximum Gasteiger partial charge on any atom is 0.165 e. The summed E-state index contributed by atoms with van der Waals surface area (Å²) in [4.78, 5) is 26.0. The van der Waals surface area contributed by atoms with E-state index in [1.165, 1.54) is 0 Å². The van der Waals surface area contributed by atoms with Gasteiger partial charge in [-0.15, -0.1) is 0 Å². The van der Waals surface area contributed by atoms with Gasteiger partial charge < -0.3 is 14.4 Å². The Hall–Kier alpha value is -10.0. The van der Waals surface area contributed by atoms with Crippen molar-refractivity contribution in [2.45, 2.75) is 19.6 Å². The van der Waals surface area contributed by atoms with Crippen LogP contribution in [0.1, 0.15) is 0 Å². The van der Waals surface area contributed by atoms with E-state index in [2.05, 4.69) is 250 Å². The van der Waals surface area contributed by atoms with E-state index >= 15 is 0 Å². The Balaban J connectivity index is 1.18. The van der Waals surface area contributed by atoms with Crippen molar-refractivity contribution >= 4 is 92.0 Å². The van der Waals surface area contributed by atoms with Crippen molar-refractivity contribution in [1.29, 1.82) is 0 Å². The Kier molecular flexibility index (Phi) is 10.9. The molecule has 2 aromatic heterocycles. The standard InChI is InChI=1S/C70H44N6O2S2/c1-3-23-45(24-4-1)48-43-47(44-49(71-48)46-25-5-2-6-26-46)66-67(73-50-27-7-15-35-58(50)77-59-36-16-8-28-51(59)73)70(76-56-33-13-21-41-64(56)80-65-42-22-14-34-57(65)76)72-69(75-52-29-9-17-37-60(52)78-61-38-18-10-30-53(61)75)68(66)74-54-31-11-19-39-62(54)79-63-40-20-12-32-55(63)74/h1-44H. The number of benzene rings is 10. The van der Waals surface area contributed by atoms with E-state index in [1.807, 2.05) is 36.4 Å². The maximum absolute atomic E-state index is 6.94. The molecule has 0 fully saturated rings. The zero-order chi connectivity index (χ0) is 52.7. The minimum Gasteiger partial charge on any atom is -0.453 e. The second-order valence-electron chi connectivity index (χ2n) is 19.7. The number of para-hydroxylation sites is 12. The van der Waals surface area contributed by atoms with Crippen LogP contribution in [-0.2, 0) is 0 Å².